The van der Waals surface area contributed by atoms with Gasteiger partial charge in [0.2, 0.25) is 0 Å². The summed E-state index contributed by atoms with van der Waals surface area (Å²) in [6.45, 7) is 1.77. The van der Waals surface area contributed by atoms with E-state index in [4.69, 9.17) is 10.8 Å². The summed E-state index contributed by atoms with van der Waals surface area (Å²) in [4.78, 5) is 0. The number of aliphatic hydroxyl groups is 1. The van der Waals surface area contributed by atoms with E-state index in [1.165, 1.54) is 19.3 Å². The zero-order valence-corrected chi connectivity index (χ0v) is 6.59. The Balaban J connectivity index is 2.10. The van der Waals surface area contributed by atoms with Gasteiger partial charge in [0.1, 0.15) is 0 Å². The molecule has 2 atom stereocenters. The van der Waals surface area contributed by atoms with Crippen LogP contribution in [0, 0.1) is 5.92 Å². The Kier molecular flexibility index (Phi) is 2.69. The lowest BCUT2D eigenvalue weighted by Crippen LogP contribution is -2.35. The maximum absolute atomic E-state index is 9.06. The van der Waals surface area contributed by atoms with Crippen LogP contribution < -0.4 is 5.73 Å². The van der Waals surface area contributed by atoms with Gasteiger partial charge in [-0.2, -0.15) is 0 Å². The molecule has 60 valence electrons. The van der Waals surface area contributed by atoms with Crippen LogP contribution in [-0.4, -0.2) is 17.3 Å². The lowest BCUT2D eigenvalue weighted by molar-refractivity contribution is 0.136. The fourth-order valence-corrected chi connectivity index (χ4v) is 1.31. The Hall–Kier alpha value is -0.0800. The molecule has 2 nitrogen and oxygen atoms in total. The SMILES string of the molecule is CC(O)C(N)CC1CCC1. The molecule has 0 heterocycles. The van der Waals surface area contributed by atoms with Crippen LogP contribution in [0.3, 0.4) is 0 Å². The van der Waals surface area contributed by atoms with Crippen molar-refractivity contribution in [1.29, 1.82) is 0 Å². The van der Waals surface area contributed by atoms with Gasteiger partial charge in [-0.05, 0) is 19.3 Å². The van der Waals surface area contributed by atoms with Crippen LogP contribution >= 0.6 is 0 Å². The van der Waals surface area contributed by atoms with Crippen LogP contribution in [0.15, 0.2) is 0 Å². The molecule has 10 heavy (non-hydrogen) atoms. The number of nitrogens with two attached hydrogens (primary N) is 1. The van der Waals surface area contributed by atoms with Crippen molar-refractivity contribution < 1.29 is 5.11 Å². The van der Waals surface area contributed by atoms with Gasteiger partial charge in [-0.15, -0.1) is 0 Å². The first kappa shape index (κ1) is 8.02. The summed E-state index contributed by atoms with van der Waals surface area (Å²) in [5.41, 5.74) is 5.68. The summed E-state index contributed by atoms with van der Waals surface area (Å²) in [5, 5.41) is 9.06. The predicted molar refractivity (Wildman–Crippen MR) is 41.6 cm³/mol. The van der Waals surface area contributed by atoms with Gasteiger partial charge in [0.15, 0.2) is 0 Å². The fraction of sp³-hybridized carbons (Fsp3) is 1.00. The van der Waals surface area contributed by atoms with Crippen LogP contribution in [0.2, 0.25) is 0 Å². The zero-order chi connectivity index (χ0) is 7.56. The monoisotopic (exact) mass is 143 g/mol. The third-order valence-corrected chi connectivity index (χ3v) is 2.45. The molecule has 0 amide bonds. The highest BCUT2D eigenvalue weighted by Gasteiger charge is 2.21. The molecule has 1 aliphatic carbocycles. The molecule has 2 unspecified atom stereocenters. The topological polar surface area (TPSA) is 46.2 Å². The molecule has 1 fully saturated rings. The lowest BCUT2D eigenvalue weighted by atomic mass is 9.80. The fourth-order valence-electron chi connectivity index (χ4n) is 1.31. The summed E-state index contributed by atoms with van der Waals surface area (Å²) < 4.78 is 0. The minimum Gasteiger partial charge on any atom is -0.392 e. The molecular weight excluding hydrogens is 126 g/mol. The minimum atomic E-state index is -0.333. The van der Waals surface area contributed by atoms with Gasteiger partial charge < -0.3 is 10.8 Å². The van der Waals surface area contributed by atoms with Crippen molar-refractivity contribution in [2.45, 2.75) is 44.8 Å². The first-order chi connectivity index (χ1) is 4.70. The molecule has 0 saturated heterocycles. The van der Waals surface area contributed by atoms with E-state index in [0.717, 1.165) is 12.3 Å². The zero-order valence-electron chi connectivity index (χ0n) is 6.59. The predicted octanol–water partition coefficient (Wildman–Crippen LogP) is 0.885. The van der Waals surface area contributed by atoms with Crippen LogP contribution in [0.25, 0.3) is 0 Å². The number of rotatable bonds is 3. The van der Waals surface area contributed by atoms with Crippen LogP contribution in [0.5, 0.6) is 0 Å². The molecule has 3 N–H and O–H groups in total. The van der Waals surface area contributed by atoms with E-state index >= 15 is 0 Å². The second kappa shape index (κ2) is 3.35. The Morgan fingerprint density at radius 2 is 2.20 bits per heavy atom. The molecule has 1 aliphatic rings. The summed E-state index contributed by atoms with van der Waals surface area (Å²) in [6.07, 6.45) is 4.68. The quantitative estimate of drug-likeness (QED) is 0.616. The highest BCUT2D eigenvalue weighted by atomic mass is 16.3. The third-order valence-electron chi connectivity index (χ3n) is 2.45. The number of aliphatic hydroxyl groups excluding tert-OH is 1. The molecular formula is C8H17NO. The Labute approximate surface area is 62.4 Å². The molecule has 0 spiro atoms. The molecule has 1 rings (SSSR count). The standard InChI is InChI=1S/C8H17NO/c1-6(10)8(9)5-7-3-2-4-7/h6-8,10H,2-5,9H2,1H3. The summed E-state index contributed by atoms with van der Waals surface area (Å²) in [7, 11) is 0. The summed E-state index contributed by atoms with van der Waals surface area (Å²) in [6, 6.07) is 0.00491. The van der Waals surface area contributed by atoms with Crippen LogP contribution in [-0.2, 0) is 0 Å². The highest BCUT2D eigenvalue weighted by molar-refractivity contribution is 4.77. The Morgan fingerprint density at radius 3 is 2.50 bits per heavy atom. The average Bonchev–Trinajstić information content (AvgIpc) is 1.77. The van der Waals surface area contributed by atoms with E-state index < -0.39 is 0 Å². The van der Waals surface area contributed by atoms with E-state index in [-0.39, 0.29) is 12.1 Å². The molecule has 2 heteroatoms. The normalized spacial score (nSPS) is 25.5. The van der Waals surface area contributed by atoms with E-state index in [1.54, 1.807) is 6.92 Å². The van der Waals surface area contributed by atoms with Crippen molar-refractivity contribution >= 4 is 0 Å². The van der Waals surface area contributed by atoms with E-state index in [0.29, 0.717) is 0 Å². The lowest BCUT2D eigenvalue weighted by Gasteiger charge is -2.28. The molecule has 0 aromatic rings. The summed E-state index contributed by atoms with van der Waals surface area (Å²) in [5.74, 6) is 0.810. The molecule has 1 saturated carbocycles. The summed E-state index contributed by atoms with van der Waals surface area (Å²) >= 11 is 0. The maximum Gasteiger partial charge on any atom is 0.0663 e. The molecule has 0 radical (unpaired) electrons. The van der Waals surface area contributed by atoms with Gasteiger partial charge >= 0.3 is 0 Å². The third kappa shape index (κ3) is 1.96. The first-order valence-electron chi connectivity index (χ1n) is 4.14. The van der Waals surface area contributed by atoms with Crippen molar-refractivity contribution in [2.24, 2.45) is 11.7 Å². The Bertz CT molecular complexity index is 99.4. The van der Waals surface area contributed by atoms with Crippen molar-refractivity contribution in [3.05, 3.63) is 0 Å². The van der Waals surface area contributed by atoms with Crippen molar-refractivity contribution in [3.8, 4) is 0 Å². The Morgan fingerprint density at radius 1 is 1.60 bits per heavy atom. The largest absolute Gasteiger partial charge is 0.392 e. The second-order valence-electron chi connectivity index (χ2n) is 3.44. The van der Waals surface area contributed by atoms with Gasteiger partial charge in [0, 0.05) is 6.04 Å². The minimum absolute atomic E-state index is 0.00491. The first-order valence-corrected chi connectivity index (χ1v) is 4.14. The average molecular weight is 143 g/mol. The highest BCUT2D eigenvalue weighted by Crippen LogP contribution is 2.30. The molecule has 0 aromatic carbocycles. The second-order valence-corrected chi connectivity index (χ2v) is 3.44. The van der Waals surface area contributed by atoms with Gasteiger partial charge in [-0.25, -0.2) is 0 Å². The van der Waals surface area contributed by atoms with E-state index in [1.807, 2.05) is 0 Å². The van der Waals surface area contributed by atoms with Gasteiger partial charge in [-0.3, -0.25) is 0 Å². The van der Waals surface area contributed by atoms with Crippen LogP contribution in [0.1, 0.15) is 32.6 Å². The number of hydrogen-bond donors (Lipinski definition) is 2. The number of hydrogen-bond acceptors (Lipinski definition) is 2. The van der Waals surface area contributed by atoms with Crippen molar-refractivity contribution in [1.82, 2.24) is 0 Å². The molecule has 0 aliphatic heterocycles. The van der Waals surface area contributed by atoms with Gasteiger partial charge in [0.25, 0.3) is 0 Å². The van der Waals surface area contributed by atoms with Crippen molar-refractivity contribution in [3.63, 3.8) is 0 Å². The maximum atomic E-state index is 9.06. The molecule has 0 aromatic heterocycles. The van der Waals surface area contributed by atoms with Crippen LogP contribution in [0.4, 0.5) is 0 Å². The van der Waals surface area contributed by atoms with Gasteiger partial charge in [0.05, 0.1) is 6.10 Å². The smallest absolute Gasteiger partial charge is 0.0663 e. The molecule has 0 bridgehead atoms. The van der Waals surface area contributed by atoms with Crippen molar-refractivity contribution in [2.75, 3.05) is 0 Å². The van der Waals surface area contributed by atoms with E-state index in [2.05, 4.69) is 0 Å². The van der Waals surface area contributed by atoms with E-state index in [9.17, 15) is 0 Å². The van der Waals surface area contributed by atoms with Gasteiger partial charge in [-0.1, -0.05) is 19.3 Å².